The number of rotatable bonds is 3. The summed E-state index contributed by atoms with van der Waals surface area (Å²) in [5.74, 6) is -0.766. The van der Waals surface area contributed by atoms with Gasteiger partial charge in [-0.25, -0.2) is 4.79 Å². The van der Waals surface area contributed by atoms with Crippen molar-refractivity contribution in [2.24, 2.45) is 0 Å². The number of thiophene rings is 1. The fourth-order valence-corrected chi connectivity index (χ4v) is 3.17. The summed E-state index contributed by atoms with van der Waals surface area (Å²) in [5, 5.41) is 12.8. The normalized spacial score (nSPS) is 17.7. The van der Waals surface area contributed by atoms with Gasteiger partial charge in [0.25, 0.3) is 0 Å². The van der Waals surface area contributed by atoms with Crippen molar-refractivity contribution in [3.8, 4) is 0 Å². The van der Waals surface area contributed by atoms with Crippen LogP contribution in [0.2, 0.25) is 0 Å². The second kappa shape index (κ2) is 5.68. The molecule has 1 aliphatic rings. The molecule has 0 radical (unpaired) electrons. The molecule has 0 spiro atoms. The zero-order valence-electron chi connectivity index (χ0n) is 10.7. The number of aliphatic hydroxyl groups is 1. The molecule has 1 aliphatic heterocycles. The van der Waals surface area contributed by atoms with E-state index in [1.807, 2.05) is 0 Å². The molecule has 7 heteroatoms. The summed E-state index contributed by atoms with van der Waals surface area (Å²) in [5.41, 5.74) is 1.03. The fourth-order valence-electron chi connectivity index (χ4n) is 1.95. The Morgan fingerprint density at radius 3 is 2.95 bits per heavy atom. The molecule has 104 valence electrons. The summed E-state index contributed by atoms with van der Waals surface area (Å²) in [6.45, 7) is 3.66. The van der Waals surface area contributed by atoms with Gasteiger partial charge in [0.2, 0.25) is 5.91 Å². The Kier molecular flexibility index (Phi) is 4.18. The van der Waals surface area contributed by atoms with E-state index in [9.17, 15) is 14.7 Å². The van der Waals surface area contributed by atoms with Crippen LogP contribution in [0.5, 0.6) is 0 Å². The number of amides is 1. The lowest BCUT2D eigenvalue weighted by molar-refractivity contribution is -0.114. The lowest BCUT2D eigenvalue weighted by Crippen LogP contribution is -2.17. The van der Waals surface area contributed by atoms with E-state index >= 15 is 0 Å². The van der Waals surface area contributed by atoms with E-state index in [4.69, 9.17) is 9.47 Å². The first kappa shape index (κ1) is 14.0. The van der Waals surface area contributed by atoms with Crippen molar-refractivity contribution in [3.05, 3.63) is 16.0 Å². The molecule has 1 unspecified atom stereocenters. The van der Waals surface area contributed by atoms with E-state index in [1.54, 1.807) is 6.92 Å². The molecule has 2 heterocycles. The Bertz CT molecular complexity index is 510. The Morgan fingerprint density at radius 1 is 1.58 bits per heavy atom. The maximum Gasteiger partial charge on any atom is 0.341 e. The van der Waals surface area contributed by atoms with Gasteiger partial charge in [0, 0.05) is 6.92 Å². The number of anilines is 1. The average molecular weight is 285 g/mol. The second-order valence-electron chi connectivity index (χ2n) is 4.02. The minimum Gasteiger partial charge on any atom is -0.462 e. The van der Waals surface area contributed by atoms with Gasteiger partial charge in [0.1, 0.15) is 5.00 Å². The molecule has 0 fully saturated rings. The number of hydrogen-bond acceptors (Lipinski definition) is 6. The molecule has 0 aliphatic carbocycles. The minimum absolute atomic E-state index is 0.252. The molecule has 0 aromatic carbocycles. The van der Waals surface area contributed by atoms with Crippen LogP contribution in [-0.2, 0) is 20.7 Å². The number of aliphatic hydroxyl groups excluding tert-OH is 1. The summed E-state index contributed by atoms with van der Waals surface area (Å²) in [4.78, 5) is 23.7. The van der Waals surface area contributed by atoms with Gasteiger partial charge in [-0.1, -0.05) is 0 Å². The van der Waals surface area contributed by atoms with Crippen LogP contribution in [0.15, 0.2) is 0 Å². The Labute approximate surface area is 114 Å². The Hall–Kier alpha value is -1.44. The Balaban J connectivity index is 2.47. The molecule has 19 heavy (non-hydrogen) atoms. The molecular formula is C12H15NO5S. The summed E-state index contributed by atoms with van der Waals surface area (Å²) in [7, 11) is 0. The third-order valence-corrected chi connectivity index (χ3v) is 3.84. The van der Waals surface area contributed by atoms with Gasteiger partial charge in [-0.3, -0.25) is 4.79 Å². The molecule has 6 nitrogen and oxygen atoms in total. The lowest BCUT2D eigenvalue weighted by atomic mass is 10.1. The summed E-state index contributed by atoms with van der Waals surface area (Å²) < 4.78 is 10.1. The van der Waals surface area contributed by atoms with Crippen molar-refractivity contribution < 1.29 is 24.2 Å². The van der Waals surface area contributed by atoms with Gasteiger partial charge in [-0.15, -0.1) is 11.3 Å². The lowest BCUT2D eigenvalue weighted by Gasteiger charge is -2.18. The van der Waals surface area contributed by atoms with Gasteiger partial charge in [-0.05, 0) is 18.9 Å². The largest absolute Gasteiger partial charge is 0.462 e. The van der Waals surface area contributed by atoms with Crippen molar-refractivity contribution in [3.63, 3.8) is 0 Å². The number of hydrogen-bond donors (Lipinski definition) is 2. The summed E-state index contributed by atoms with van der Waals surface area (Å²) in [6.07, 6.45) is -0.541. The first-order chi connectivity index (χ1) is 9.04. The van der Waals surface area contributed by atoms with Crippen molar-refractivity contribution in [1.29, 1.82) is 0 Å². The number of ether oxygens (including phenoxy) is 2. The molecule has 2 N–H and O–H groups in total. The molecule has 0 bridgehead atoms. The highest BCUT2D eigenvalue weighted by molar-refractivity contribution is 7.17. The number of carbonyl (C=O) groups is 2. The maximum atomic E-state index is 12.0. The zero-order valence-corrected chi connectivity index (χ0v) is 11.5. The standard InChI is InChI=1S/C12H15NO5S/c1-3-17-11(15)8-7-4-5-18-12(16)9(7)19-10(8)13-6(2)14/h12,16H,3-5H2,1-2H3,(H,13,14). The summed E-state index contributed by atoms with van der Waals surface area (Å²) in [6, 6.07) is 0. The molecular weight excluding hydrogens is 270 g/mol. The first-order valence-corrected chi connectivity index (χ1v) is 6.76. The first-order valence-electron chi connectivity index (χ1n) is 5.94. The second-order valence-corrected chi connectivity index (χ2v) is 5.08. The van der Waals surface area contributed by atoms with E-state index in [-0.39, 0.29) is 12.5 Å². The quantitative estimate of drug-likeness (QED) is 0.821. The molecule has 1 aromatic heterocycles. The van der Waals surface area contributed by atoms with Crippen molar-refractivity contribution in [1.82, 2.24) is 0 Å². The van der Waals surface area contributed by atoms with Crippen LogP contribution in [0.4, 0.5) is 5.00 Å². The highest BCUT2D eigenvalue weighted by Gasteiger charge is 2.31. The van der Waals surface area contributed by atoms with E-state index < -0.39 is 12.3 Å². The highest BCUT2D eigenvalue weighted by Crippen LogP contribution is 2.40. The van der Waals surface area contributed by atoms with E-state index in [2.05, 4.69) is 5.32 Å². The van der Waals surface area contributed by atoms with Gasteiger partial charge in [-0.2, -0.15) is 0 Å². The number of carbonyl (C=O) groups excluding carboxylic acids is 2. The van der Waals surface area contributed by atoms with E-state index in [1.165, 1.54) is 6.92 Å². The van der Waals surface area contributed by atoms with E-state index in [0.717, 1.165) is 11.3 Å². The smallest absolute Gasteiger partial charge is 0.341 e. The number of esters is 1. The third kappa shape index (κ3) is 2.78. The van der Waals surface area contributed by atoms with Crippen LogP contribution in [-0.4, -0.2) is 30.2 Å². The third-order valence-electron chi connectivity index (χ3n) is 2.66. The van der Waals surface area contributed by atoms with Crippen LogP contribution in [0.3, 0.4) is 0 Å². The van der Waals surface area contributed by atoms with E-state index in [0.29, 0.717) is 34.0 Å². The SMILES string of the molecule is CCOC(=O)c1c(NC(C)=O)sc2c1CCOC2O. The van der Waals surface area contributed by atoms with Crippen molar-refractivity contribution in [2.75, 3.05) is 18.5 Å². The predicted molar refractivity (Wildman–Crippen MR) is 69.2 cm³/mol. The summed E-state index contributed by atoms with van der Waals surface area (Å²) >= 11 is 1.14. The van der Waals surface area contributed by atoms with Gasteiger partial charge in [0.15, 0.2) is 6.29 Å². The van der Waals surface area contributed by atoms with Crippen LogP contribution in [0, 0.1) is 0 Å². The van der Waals surface area contributed by atoms with Gasteiger partial charge < -0.3 is 19.9 Å². The maximum absolute atomic E-state index is 12.0. The Morgan fingerprint density at radius 2 is 2.32 bits per heavy atom. The minimum atomic E-state index is -1.05. The molecule has 1 amide bonds. The highest BCUT2D eigenvalue weighted by atomic mass is 32.1. The number of nitrogens with one attached hydrogen (secondary N) is 1. The molecule has 1 atom stereocenters. The predicted octanol–water partition coefficient (Wildman–Crippen LogP) is 1.45. The molecule has 1 aromatic rings. The van der Waals surface area contributed by atoms with Crippen molar-refractivity contribution in [2.45, 2.75) is 26.6 Å². The van der Waals surface area contributed by atoms with Crippen molar-refractivity contribution >= 4 is 28.2 Å². The average Bonchev–Trinajstić information content (AvgIpc) is 2.68. The molecule has 2 rings (SSSR count). The van der Waals surface area contributed by atoms with Crippen LogP contribution in [0.1, 0.15) is 40.9 Å². The zero-order chi connectivity index (χ0) is 14.0. The van der Waals surface area contributed by atoms with Gasteiger partial charge in [0.05, 0.1) is 23.7 Å². The topological polar surface area (TPSA) is 84.9 Å². The molecule has 0 saturated carbocycles. The van der Waals surface area contributed by atoms with Crippen LogP contribution < -0.4 is 5.32 Å². The van der Waals surface area contributed by atoms with Gasteiger partial charge >= 0.3 is 5.97 Å². The fraction of sp³-hybridized carbons (Fsp3) is 0.500. The number of fused-ring (bicyclic) bond motifs is 1. The van der Waals surface area contributed by atoms with Crippen LogP contribution in [0.25, 0.3) is 0 Å². The molecule has 0 saturated heterocycles. The monoisotopic (exact) mass is 285 g/mol. The van der Waals surface area contributed by atoms with Crippen LogP contribution >= 0.6 is 11.3 Å².